The molecule has 12 heteroatoms. The Morgan fingerprint density at radius 2 is 1.71 bits per heavy atom. The minimum atomic E-state index is -4.14. The molecule has 3 aromatic rings. The molecule has 10 nitrogen and oxygen atoms in total. The van der Waals surface area contributed by atoms with Crippen molar-refractivity contribution in [2.24, 2.45) is 0 Å². The molecule has 0 fully saturated rings. The first kappa shape index (κ1) is 24.3. The first-order chi connectivity index (χ1) is 16.1. The van der Waals surface area contributed by atoms with Gasteiger partial charge in [-0.3, -0.25) is 19.6 Å². The zero-order chi connectivity index (χ0) is 24.9. The fourth-order valence-electron chi connectivity index (χ4n) is 2.92. The highest BCUT2D eigenvalue weighted by Gasteiger charge is 2.22. The second-order valence-corrected chi connectivity index (χ2v) is 8.64. The molecule has 0 aliphatic heterocycles. The van der Waals surface area contributed by atoms with Crippen molar-refractivity contribution in [2.45, 2.75) is 11.8 Å². The van der Waals surface area contributed by atoms with Crippen molar-refractivity contribution in [3.63, 3.8) is 0 Å². The summed E-state index contributed by atoms with van der Waals surface area (Å²) in [6, 6.07) is 13.9. The van der Waals surface area contributed by atoms with E-state index in [0.717, 1.165) is 24.3 Å². The van der Waals surface area contributed by atoms with Crippen LogP contribution < -0.4 is 10.0 Å². The van der Waals surface area contributed by atoms with Gasteiger partial charge in [0.25, 0.3) is 21.6 Å². The summed E-state index contributed by atoms with van der Waals surface area (Å²) in [6.45, 7) is 0.793. The maximum atomic E-state index is 13.1. The van der Waals surface area contributed by atoms with E-state index >= 15 is 0 Å². The van der Waals surface area contributed by atoms with Gasteiger partial charge in [-0.15, -0.1) is 0 Å². The van der Waals surface area contributed by atoms with Crippen molar-refractivity contribution >= 4 is 39.0 Å². The smallest absolute Gasteiger partial charge is 0.340 e. The van der Waals surface area contributed by atoms with Gasteiger partial charge in [0.2, 0.25) is 0 Å². The van der Waals surface area contributed by atoms with E-state index in [1.807, 2.05) is 0 Å². The summed E-state index contributed by atoms with van der Waals surface area (Å²) in [5.74, 6) is -2.45. The molecule has 0 aliphatic rings. The molecule has 0 atom stereocenters. The molecule has 176 valence electrons. The van der Waals surface area contributed by atoms with E-state index in [9.17, 15) is 32.5 Å². The molecule has 34 heavy (non-hydrogen) atoms. The van der Waals surface area contributed by atoms with Crippen LogP contribution in [0.3, 0.4) is 0 Å². The number of ether oxygens (including phenoxy) is 1. The number of rotatable bonds is 8. The Kier molecular flexibility index (Phi) is 7.21. The predicted octanol–water partition coefficient (Wildman–Crippen LogP) is 3.64. The lowest BCUT2D eigenvalue weighted by Gasteiger charge is -2.13. The average molecular weight is 487 g/mol. The van der Waals surface area contributed by atoms with E-state index in [-0.39, 0.29) is 27.5 Å². The van der Waals surface area contributed by atoms with Gasteiger partial charge < -0.3 is 10.1 Å². The molecule has 0 saturated heterocycles. The number of carbonyl (C=O) groups excluding carboxylic acids is 2. The van der Waals surface area contributed by atoms with Gasteiger partial charge in [0, 0.05) is 6.07 Å². The average Bonchev–Trinajstić information content (AvgIpc) is 2.79. The van der Waals surface area contributed by atoms with Crippen LogP contribution in [0.5, 0.6) is 0 Å². The number of halogens is 1. The second kappa shape index (κ2) is 10.1. The zero-order valence-electron chi connectivity index (χ0n) is 17.6. The zero-order valence-corrected chi connectivity index (χ0v) is 18.5. The van der Waals surface area contributed by atoms with Crippen molar-refractivity contribution in [3.8, 4) is 0 Å². The molecule has 0 aliphatic carbocycles. The number of hydrogen-bond donors (Lipinski definition) is 2. The summed E-state index contributed by atoms with van der Waals surface area (Å²) in [5.41, 5.74) is -0.203. The van der Waals surface area contributed by atoms with Crippen LogP contribution in [0.4, 0.5) is 21.5 Å². The van der Waals surface area contributed by atoms with Crippen LogP contribution in [0.15, 0.2) is 71.6 Å². The number of nitro groups is 1. The number of anilines is 2. The fourth-order valence-corrected chi connectivity index (χ4v) is 4.00. The number of nitrogens with one attached hydrogen (secondary N) is 2. The first-order valence-corrected chi connectivity index (χ1v) is 11.1. The number of nitro benzene ring substituents is 1. The molecule has 0 unspecified atom stereocenters. The summed E-state index contributed by atoms with van der Waals surface area (Å²) in [5, 5.41) is 13.5. The van der Waals surface area contributed by atoms with Crippen molar-refractivity contribution in [3.05, 3.63) is 93.8 Å². The molecule has 0 aromatic heterocycles. The normalized spacial score (nSPS) is 10.9. The van der Waals surface area contributed by atoms with Gasteiger partial charge in [-0.1, -0.05) is 24.3 Å². The van der Waals surface area contributed by atoms with Crippen LogP contribution in [-0.4, -0.2) is 31.8 Å². The van der Waals surface area contributed by atoms with Gasteiger partial charge >= 0.3 is 5.97 Å². The number of sulfonamides is 1. The van der Waals surface area contributed by atoms with Crippen LogP contribution in [-0.2, 0) is 19.6 Å². The number of amides is 1. The third-order valence-corrected chi connectivity index (χ3v) is 5.94. The Morgan fingerprint density at radius 1 is 1.03 bits per heavy atom. The molecule has 3 aromatic carbocycles. The number of aryl methyl sites for hydroxylation is 1. The Morgan fingerprint density at radius 3 is 2.38 bits per heavy atom. The summed E-state index contributed by atoms with van der Waals surface area (Å²) in [4.78, 5) is 35.1. The lowest BCUT2D eigenvalue weighted by Crippen LogP contribution is -2.23. The van der Waals surface area contributed by atoms with E-state index in [1.165, 1.54) is 36.4 Å². The van der Waals surface area contributed by atoms with Crippen molar-refractivity contribution in [1.82, 2.24) is 0 Å². The molecule has 2 N–H and O–H groups in total. The lowest BCUT2D eigenvalue weighted by atomic mass is 10.1. The van der Waals surface area contributed by atoms with Crippen LogP contribution in [0.2, 0.25) is 0 Å². The number of nitrogens with zero attached hydrogens (tertiary/aromatic N) is 1. The Hall–Kier alpha value is -4.32. The number of para-hydroxylation sites is 2. The molecule has 0 radical (unpaired) electrons. The highest BCUT2D eigenvalue weighted by atomic mass is 32.2. The SMILES string of the molecule is Cc1cccc([N+](=O)[O-])c1NC(=O)COC(=O)c1ccccc1NS(=O)(=O)c1ccc(F)cc1. The standard InChI is InChI=1S/C22H18FN3O7S/c1-14-5-4-8-19(26(29)30)21(14)24-20(27)13-33-22(28)17-6-2-3-7-18(17)25-34(31,32)16-11-9-15(23)10-12-16/h2-12,25H,13H2,1H3,(H,24,27). The van der Waals surface area contributed by atoms with Crippen LogP contribution in [0.1, 0.15) is 15.9 Å². The number of esters is 1. The molecule has 0 heterocycles. The van der Waals surface area contributed by atoms with Gasteiger partial charge in [-0.25, -0.2) is 17.6 Å². The lowest BCUT2D eigenvalue weighted by molar-refractivity contribution is -0.384. The molecule has 0 saturated carbocycles. The molecular formula is C22H18FN3O7S. The van der Waals surface area contributed by atoms with E-state index in [4.69, 9.17) is 4.74 Å². The minimum absolute atomic E-state index is 0.0268. The summed E-state index contributed by atoms with van der Waals surface area (Å²) >= 11 is 0. The molecule has 0 bridgehead atoms. The fraction of sp³-hybridized carbons (Fsp3) is 0.0909. The maximum Gasteiger partial charge on any atom is 0.340 e. The summed E-state index contributed by atoms with van der Waals surface area (Å²) < 4.78 is 45.4. The topological polar surface area (TPSA) is 145 Å². The van der Waals surface area contributed by atoms with Gasteiger partial charge in [-0.05, 0) is 48.9 Å². The van der Waals surface area contributed by atoms with Gasteiger partial charge in [0.1, 0.15) is 11.5 Å². The highest BCUT2D eigenvalue weighted by Crippen LogP contribution is 2.27. The third-order valence-electron chi connectivity index (χ3n) is 4.56. The van der Waals surface area contributed by atoms with Crippen LogP contribution >= 0.6 is 0 Å². The van der Waals surface area contributed by atoms with Gasteiger partial charge in [0.05, 0.1) is 21.1 Å². The minimum Gasteiger partial charge on any atom is -0.452 e. The third kappa shape index (κ3) is 5.72. The highest BCUT2D eigenvalue weighted by molar-refractivity contribution is 7.92. The number of hydrogen-bond acceptors (Lipinski definition) is 7. The van der Waals surface area contributed by atoms with Gasteiger partial charge in [0.15, 0.2) is 6.61 Å². The van der Waals surface area contributed by atoms with Crippen LogP contribution in [0.25, 0.3) is 0 Å². The van der Waals surface area contributed by atoms with Crippen LogP contribution in [0, 0.1) is 22.9 Å². The molecule has 3 rings (SSSR count). The largest absolute Gasteiger partial charge is 0.452 e. The monoisotopic (exact) mass is 487 g/mol. The van der Waals surface area contributed by atoms with Crippen molar-refractivity contribution < 1.29 is 32.1 Å². The van der Waals surface area contributed by atoms with Crippen molar-refractivity contribution in [1.29, 1.82) is 0 Å². The molecule has 1 amide bonds. The Labute approximate surface area is 193 Å². The van der Waals surface area contributed by atoms with Crippen molar-refractivity contribution in [2.75, 3.05) is 16.6 Å². The molecular weight excluding hydrogens is 469 g/mol. The van der Waals surface area contributed by atoms with E-state index < -0.39 is 39.2 Å². The number of carbonyl (C=O) groups is 2. The second-order valence-electron chi connectivity index (χ2n) is 6.96. The first-order valence-electron chi connectivity index (χ1n) is 9.67. The Balaban J connectivity index is 1.72. The van der Waals surface area contributed by atoms with Gasteiger partial charge in [-0.2, -0.15) is 0 Å². The predicted molar refractivity (Wildman–Crippen MR) is 120 cm³/mol. The van der Waals surface area contributed by atoms with E-state index in [2.05, 4.69) is 10.0 Å². The molecule has 0 spiro atoms. The maximum absolute atomic E-state index is 13.1. The van der Waals surface area contributed by atoms with E-state index in [1.54, 1.807) is 13.0 Å². The quantitative estimate of drug-likeness (QED) is 0.280. The summed E-state index contributed by atoms with van der Waals surface area (Å²) in [7, 11) is -4.14. The number of benzene rings is 3. The Bertz CT molecular complexity index is 1360. The van der Waals surface area contributed by atoms with E-state index in [0.29, 0.717) is 5.56 Å². The summed E-state index contributed by atoms with van der Waals surface area (Å²) in [6.07, 6.45) is 0.